The Hall–Kier alpha value is -1.49. The summed E-state index contributed by atoms with van der Waals surface area (Å²) in [6.45, 7) is 1.65. The molecule has 5 heteroatoms. The van der Waals surface area contributed by atoms with Crippen molar-refractivity contribution in [2.75, 3.05) is 13.3 Å². The monoisotopic (exact) mass is 244 g/mol. The first kappa shape index (κ1) is 8.64. The van der Waals surface area contributed by atoms with Crippen LogP contribution < -0.4 is 10.5 Å². The summed E-state index contributed by atoms with van der Waals surface area (Å²) in [7, 11) is -5.86. The Balaban J connectivity index is 3.11. The lowest BCUT2D eigenvalue weighted by Crippen LogP contribution is -2.01. The quantitative estimate of drug-likeness (QED) is 0.870. The predicted molar refractivity (Wildman–Crippen MR) is 64.7 cm³/mol. The van der Waals surface area contributed by atoms with E-state index in [2.05, 4.69) is 0 Å². The predicted octanol–water partition coefficient (Wildman–Crippen LogP) is 1.31. The van der Waals surface area contributed by atoms with Crippen molar-refractivity contribution in [2.45, 2.75) is 6.92 Å². The molecule has 0 amide bonds. The molecule has 16 heavy (non-hydrogen) atoms. The molecule has 0 aliphatic carbocycles. The van der Waals surface area contributed by atoms with Crippen LogP contribution in [0, 0.1) is 6.92 Å². The van der Waals surface area contributed by atoms with Crippen molar-refractivity contribution < 1.29 is 17.3 Å². The Morgan fingerprint density at radius 1 is 1.56 bits per heavy atom. The van der Waals surface area contributed by atoms with Crippen LogP contribution in [0.3, 0.4) is 0 Å². The van der Waals surface area contributed by atoms with Gasteiger partial charge in [-0.2, -0.15) is 0 Å². The van der Waals surface area contributed by atoms with E-state index in [4.69, 9.17) is 14.6 Å². The van der Waals surface area contributed by atoms with Gasteiger partial charge in [-0.3, -0.25) is 0 Å². The Morgan fingerprint density at radius 2 is 2.25 bits per heavy atom. The normalized spacial score (nSPS) is 16.1. The van der Waals surface area contributed by atoms with Crippen molar-refractivity contribution in [2.24, 2.45) is 5.73 Å². The average molecular weight is 244 g/mol. The van der Waals surface area contributed by atoms with Crippen LogP contribution in [0.5, 0.6) is 5.75 Å². The lowest BCUT2D eigenvalue weighted by Gasteiger charge is -2.07. The SMILES string of the molecule is [2H]C([2H])([2H])Oc1ccc(/C(N)=C/S(C)(=O)=O)cc1C. The summed E-state index contributed by atoms with van der Waals surface area (Å²) in [5, 5.41) is 0.950. The van der Waals surface area contributed by atoms with Crippen molar-refractivity contribution in [1.29, 1.82) is 0 Å². The van der Waals surface area contributed by atoms with Crippen LogP contribution in [0.15, 0.2) is 23.6 Å². The third-order valence-corrected chi connectivity index (χ3v) is 2.64. The van der Waals surface area contributed by atoms with Crippen LogP contribution in [0.4, 0.5) is 0 Å². The Bertz CT molecular complexity index is 606. The Morgan fingerprint density at radius 3 is 2.75 bits per heavy atom. The summed E-state index contributed by atoms with van der Waals surface area (Å²) >= 11 is 0. The van der Waals surface area contributed by atoms with Gasteiger partial charge < -0.3 is 10.5 Å². The maximum Gasteiger partial charge on any atom is 0.170 e. The van der Waals surface area contributed by atoms with Gasteiger partial charge in [0.15, 0.2) is 9.84 Å². The molecule has 88 valence electrons. The van der Waals surface area contributed by atoms with E-state index in [1.807, 2.05) is 0 Å². The second kappa shape index (κ2) is 4.57. The number of rotatable bonds is 3. The summed E-state index contributed by atoms with van der Waals surface area (Å²) in [6, 6.07) is 4.52. The van der Waals surface area contributed by atoms with Crippen LogP contribution in [0.2, 0.25) is 0 Å². The molecule has 0 aliphatic rings. The van der Waals surface area contributed by atoms with E-state index in [0.717, 1.165) is 11.7 Å². The van der Waals surface area contributed by atoms with Gasteiger partial charge in [-0.05, 0) is 36.2 Å². The highest BCUT2D eigenvalue weighted by Crippen LogP contribution is 2.21. The molecule has 0 aromatic heterocycles. The molecule has 1 aromatic rings. The second-order valence-corrected chi connectivity index (χ2v) is 5.38. The highest BCUT2D eigenvalue weighted by molar-refractivity contribution is 7.93. The largest absolute Gasteiger partial charge is 0.496 e. The second-order valence-electron chi connectivity index (χ2n) is 3.49. The lowest BCUT2D eigenvalue weighted by atomic mass is 10.1. The first-order valence-electron chi connectivity index (χ1n) is 5.95. The number of ether oxygens (including phenoxy) is 1. The fraction of sp³-hybridized carbons (Fsp3) is 0.273. The zero-order chi connectivity index (χ0) is 14.8. The van der Waals surface area contributed by atoms with Crippen molar-refractivity contribution in [3.63, 3.8) is 0 Å². The van der Waals surface area contributed by atoms with E-state index in [9.17, 15) is 8.42 Å². The fourth-order valence-electron chi connectivity index (χ4n) is 1.24. The maximum atomic E-state index is 11.1. The molecule has 0 fully saturated rings. The van der Waals surface area contributed by atoms with Crippen molar-refractivity contribution in [3.8, 4) is 5.75 Å². The van der Waals surface area contributed by atoms with Gasteiger partial charge >= 0.3 is 0 Å². The number of hydrogen-bond donors (Lipinski definition) is 1. The van der Waals surface area contributed by atoms with Gasteiger partial charge in [0, 0.05) is 6.26 Å². The third kappa shape index (κ3) is 3.27. The highest BCUT2D eigenvalue weighted by Gasteiger charge is 2.04. The number of methoxy groups -OCH3 is 1. The summed E-state index contributed by atoms with van der Waals surface area (Å²) in [4.78, 5) is 0. The van der Waals surface area contributed by atoms with Crippen LogP contribution in [-0.2, 0) is 9.84 Å². The number of hydrogen-bond acceptors (Lipinski definition) is 4. The zero-order valence-electron chi connectivity index (χ0n) is 12.0. The van der Waals surface area contributed by atoms with Gasteiger partial charge in [0.25, 0.3) is 0 Å². The first-order valence-corrected chi connectivity index (χ1v) is 6.41. The molecule has 0 bridgehead atoms. The van der Waals surface area contributed by atoms with E-state index in [1.54, 1.807) is 13.0 Å². The van der Waals surface area contributed by atoms with Gasteiger partial charge in [0.05, 0.1) is 22.3 Å². The Labute approximate surface area is 99.9 Å². The molecule has 4 nitrogen and oxygen atoms in total. The minimum atomic E-state index is -3.33. The molecule has 0 aliphatic heterocycles. The molecule has 0 heterocycles. The van der Waals surface area contributed by atoms with Gasteiger partial charge in [-0.1, -0.05) is 0 Å². The number of benzene rings is 1. The zero-order valence-corrected chi connectivity index (χ0v) is 9.84. The minimum Gasteiger partial charge on any atom is -0.496 e. The molecule has 1 rings (SSSR count). The standard InChI is InChI=1S/C11H15NO3S/c1-8-6-9(4-5-11(8)15-2)10(12)7-16(3,13)14/h4-7H,12H2,1-3H3/b10-7-/i2D3. The molecule has 0 spiro atoms. The molecular weight excluding hydrogens is 226 g/mol. The van der Waals surface area contributed by atoms with E-state index in [-0.39, 0.29) is 11.4 Å². The fourth-order valence-corrected chi connectivity index (χ4v) is 1.84. The van der Waals surface area contributed by atoms with Gasteiger partial charge in [0.2, 0.25) is 0 Å². The molecule has 1 aromatic carbocycles. The smallest absolute Gasteiger partial charge is 0.170 e. The van der Waals surface area contributed by atoms with Gasteiger partial charge in [-0.25, -0.2) is 8.42 Å². The van der Waals surface area contributed by atoms with Gasteiger partial charge in [-0.15, -0.1) is 0 Å². The van der Waals surface area contributed by atoms with E-state index in [0.29, 0.717) is 11.1 Å². The molecular formula is C11H15NO3S. The molecule has 0 radical (unpaired) electrons. The Kier molecular flexibility index (Phi) is 2.47. The van der Waals surface area contributed by atoms with E-state index >= 15 is 0 Å². The minimum absolute atomic E-state index is 0.0889. The maximum absolute atomic E-state index is 11.1. The van der Waals surface area contributed by atoms with E-state index in [1.165, 1.54) is 12.1 Å². The first-order chi connectivity index (χ1) is 8.48. The van der Waals surface area contributed by atoms with Crippen LogP contribution in [0.1, 0.15) is 15.2 Å². The van der Waals surface area contributed by atoms with Crippen molar-refractivity contribution >= 4 is 15.5 Å². The molecule has 2 N–H and O–H groups in total. The summed E-state index contributed by atoms with van der Waals surface area (Å²) in [5.74, 6) is 0.205. The highest BCUT2D eigenvalue weighted by atomic mass is 32.2. The number of aryl methyl sites for hydroxylation is 1. The lowest BCUT2D eigenvalue weighted by molar-refractivity contribution is 0.411. The van der Waals surface area contributed by atoms with Crippen LogP contribution in [-0.4, -0.2) is 21.7 Å². The summed E-state index contributed by atoms with van der Waals surface area (Å²) in [6.07, 6.45) is 1.04. The molecule has 0 atom stereocenters. The van der Waals surface area contributed by atoms with Crippen LogP contribution >= 0.6 is 0 Å². The summed E-state index contributed by atoms with van der Waals surface area (Å²) < 4.78 is 48.0. The molecule has 0 saturated heterocycles. The number of nitrogens with two attached hydrogens (primary N) is 1. The van der Waals surface area contributed by atoms with Crippen LogP contribution in [0.25, 0.3) is 5.70 Å². The van der Waals surface area contributed by atoms with Crippen molar-refractivity contribution in [1.82, 2.24) is 0 Å². The van der Waals surface area contributed by atoms with Crippen molar-refractivity contribution in [3.05, 3.63) is 34.7 Å². The topological polar surface area (TPSA) is 69.4 Å². The molecule has 0 saturated carbocycles. The summed E-state index contributed by atoms with van der Waals surface area (Å²) in [5.41, 5.74) is 6.79. The van der Waals surface area contributed by atoms with E-state index < -0.39 is 16.9 Å². The number of sulfone groups is 1. The van der Waals surface area contributed by atoms with Gasteiger partial charge in [0.1, 0.15) is 5.75 Å². The molecule has 0 unspecified atom stereocenters. The average Bonchev–Trinajstić information content (AvgIpc) is 2.16. The third-order valence-electron chi connectivity index (χ3n) is 1.96.